The first kappa shape index (κ1) is 13.0. The third-order valence-electron chi connectivity index (χ3n) is 3.56. The Balaban J connectivity index is 1.81. The Morgan fingerprint density at radius 3 is 3.06 bits per heavy atom. The van der Waals surface area contributed by atoms with Crippen molar-refractivity contribution in [3.8, 4) is 0 Å². The van der Waals surface area contributed by atoms with Gasteiger partial charge in [0.1, 0.15) is 6.33 Å². The van der Waals surface area contributed by atoms with Gasteiger partial charge >= 0.3 is 0 Å². The lowest BCUT2D eigenvalue weighted by Gasteiger charge is -2.26. The van der Waals surface area contributed by atoms with Crippen LogP contribution in [-0.2, 0) is 18.3 Å². The number of aromatic nitrogens is 3. The predicted molar refractivity (Wildman–Crippen MR) is 68.0 cm³/mol. The second-order valence-electron chi connectivity index (χ2n) is 4.81. The van der Waals surface area contributed by atoms with E-state index in [1.54, 1.807) is 11.0 Å². The van der Waals surface area contributed by atoms with Crippen molar-refractivity contribution in [3.05, 3.63) is 12.2 Å². The highest BCUT2D eigenvalue weighted by Crippen LogP contribution is 2.22. The summed E-state index contributed by atoms with van der Waals surface area (Å²) in [6.45, 7) is 3.58. The minimum absolute atomic E-state index is 0.110. The second-order valence-corrected chi connectivity index (χ2v) is 4.81. The summed E-state index contributed by atoms with van der Waals surface area (Å²) in [6, 6.07) is 0. The van der Waals surface area contributed by atoms with E-state index in [0.29, 0.717) is 13.0 Å². The molecule has 0 radical (unpaired) electrons. The third kappa shape index (κ3) is 2.69. The van der Waals surface area contributed by atoms with E-state index >= 15 is 0 Å². The van der Waals surface area contributed by atoms with Crippen LogP contribution < -0.4 is 10.6 Å². The topological polar surface area (TPSA) is 71.8 Å². The Morgan fingerprint density at radius 1 is 1.67 bits per heavy atom. The van der Waals surface area contributed by atoms with E-state index in [-0.39, 0.29) is 11.4 Å². The summed E-state index contributed by atoms with van der Waals surface area (Å²) in [4.78, 5) is 16.3. The normalized spacial score (nSPS) is 23.2. The summed E-state index contributed by atoms with van der Waals surface area (Å²) in [5.41, 5.74) is -0.350. The molecule has 1 fully saturated rings. The minimum Gasteiger partial charge on any atom is -0.354 e. The zero-order valence-electron chi connectivity index (χ0n) is 11.1. The van der Waals surface area contributed by atoms with Crippen LogP contribution in [0.1, 0.15) is 32.0 Å². The number of nitrogens with one attached hydrogen (secondary N) is 2. The Labute approximate surface area is 107 Å². The molecule has 0 saturated carbocycles. The number of nitrogens with zero attached hydrogens (tertiary/aromatic N) is 3. The summed E-state index contributed by atoms with van der Waals surface area (Å²) in [5.74, 6) is 0.876. The molecule has 18 heavy (non-hydrogen) atoms. The highest BCUT2D eigenvalue weighted by molar-refractivity contribution is 5.86. The molecule has 100 valence electrons. The maximum Gasteiger partial charge on any atom is 0.240 e. The number of rotatable bonds is 5. The molecule has 2 rings (SSSR count). The number of hydrogen-bond acceptors (Lipinski definition) is 4. The third-order valence-corrected chi connectivity index (χ3v) is 3.56. The largest absolute Gasteiger partial charge is 0.354 e. The van der Waals surface area contributed by atoms with Crippen LogP contribution in [-0.4, -0.2) is 39.3 Å². The average molecular weight is 251 g/mol. The van der Waals surface area contributed by atoms with Crippen LogP contribution in [0.15, 0.2) is 6.33 Å². The lowest BCUT2D eigenvalue weighted by Crippen LogP contribution is -2.53. The first-order valence-corrected chi connectivity index (χ1v) is 6.54. The van der Waals surface area contributed by atoms with E-state index in [4.69, 9.17) is 0 Å². The molecule has 6 heteroatoms. The molecule has 0 aromatic carbocycles. The number of amides is 1. The van der Waals surface area contributed by atoms with Crippen molar-refractivity contribution in [2.24, 2.45) is 7.05 Å². The molecule has 6 nitrogen and oxygen atoms in total. The van der Waals surface area contributed by atoms with Gasteiger partial charge < -0.3 is 10.6 Å². The summed E-state index contributed by atoms with van der Waals surface area (Å²) in [5, 5.41) is 10.5. The molecule has 1 aromatic rings. The van der Waals surface area contributed by atoms with Crippen molar-refractivity contribution in [3.63, 3.8) is 0 Å². The summed E-state index contributed by atoms with van der Waals surface area (Å²) >= 11 is 0. The molecule has 0 aliphatic carbocycles. The standard InChI is InChI=1S/C12H21N5O/c1-3-12(6-4-7-15-12)11(18)13-8-5-10-14-9-17(2)16-10/h9,15H,3-8H2,1-2H3,(H,13,18). The molecule has 1 aliphatic heterocycles. The van der Waals surface area contributed by atoms with Gasteiger partial charge in [0.05, 0.1) is 5.54 Å². The van der Waals surface area contributed by atoms with Crippen molar-refractivity contribution < 1.29 is 4.79 Å². The van der Waals surface area contributed by atoms with E-state index in [9.17, 15) is 4.79 Å². The maximum atomic E-state index is 12.2. The van der Waals surface area contributed by atoms with Crippen LogP contribution in [0.3, 0.4) is 0 Å². The predicted octanol–water partition coefficient (Wildman–Crippen LogP) is 0.00600. The molecule has 2 heterocycles. The van der Waals surface area contributed by atoms with Gasteiger partial charge in [-0.05, 0) is 25.8 Å². The van der Waals surface area contributed by atoms with Gasteiger partial charge in [0.15, 0.2) is 5.82 Å². The molecule has 0 bridgehead atoms. The van der Waals surface area contributed by atoms with Gasteiger partial charge in [-0.1, -0.05) is 6.92 Å². The summed E-state index contributed by atoms with van der Waals surface area (Å²) in [7, 11) is 1.84. The van der Waals surface area contributed by atoms with Crippen LogP contribution in [0.5, 0.6) is 0 Å². The van der Waals surface area contributed by atoms with Gasteiger partial charge in [0, 0.05) is 20.0 Å². The smallest absolute Gasteiger partial charge is 0.240 e. The molecular weight excluding hydrogens is 230 g/mol. The molecule has 1 aliphatic rings. The quantitative estimate of drug-likeness (QED) is 0.773. The van der Waals surface area contributed by atoms with E-state index in [0.717, 1.165) is 31.6 Å². The van der Waals surface area contributed by atoms with Crippen molar-refractivity contribution in [1.29, 1.82) is 0 Å². The Bertz CT molecular complexity index is 408. The molecule has 1 saturated heterocycles. The molecule has 0 spiro atoms. The van der Waals surface area contributed by atoms with Crippen LogP contribution >= 0.6 is 0 Å². The van der Waals surface area contributed by atoms with Crippen molar-refractivity contribution in [1.82, 2.24) is 25.4 Å². The van der Waals surface area contributed by atoms with Gasteiger partial charge in [-0.2, -0.15) is 5.10 Å². The van der Waals surface area contributed by atoms with E-state index < -0.39 is 0 Å². The number of carbonyl (C=O) groups excluding carboxylic acids is 1. The zero-order valence-corrected chi connectivity index (χ0v) is 11.1. The fourth-order valence-corrected chi connectivity index (χ4v) is 2.42. The summed E-state index contributed by atoms with van der Waals surface area (Å²) < 4.78 is 1.67. The molecule has 2 N–H and O–H groups in total. The zero-order chi connectivity index (χ0) is 13.0. The van der Waals surface area contributed by atoms with Crippen LogP contribution in [0.2, 0.25) is 0 Å². The second kappa shape index (κ2) is 5.48. The SMILES string of the molecule is CCC1(C(=O)NCCc2ncn(C)n2)CCCN1. The number of hydrogen-bond donors (Lipinski definition) is 2. The number of aryl methyl sites for hydroxylation is 1. The van der Waals surface area contributed by atoms with Crippen LogP contribution in [0.25, 0.3) is 0 Å². The molecule has 1 unspecified atom stereocenters. The lowest BCUT2D eigenvalue weighted by atomic mass is 9.93. The fourth-order valence-electron chi connectivity index (χ4n) is 2.42. The van der Waals surface area contributed by atoms with Crippen molar-refractivity contribution >= 4 is 5.91 Å². The van der Waals surface area contributed by atoms with Gasteiger partial charge in [0.25, 0.3) is 0 Å². The van der Waals surface area contributed by atoms with E-state index in [1.807, 2.05) is 7.05 Å². The minimum atomic E-state index is -0.350. The first-order chi connectivity index (χ1) is 8.66. The highest BCUT2D eigenvalue weighted by Gasteiger charge is 2.38. The molecule has 1 aromatic heterocycles. The Hall–Kier alpha value is -1.43. The maximum absolute atomic E-state index is 12.2. The Morgan fingerprint density at radius 2 is 2.50 bits per heavy atom. The van der Waals surface area contributed by atoms with Crippen LogP contribution in [0.4, 0.5) is 0 Å². The fraction of sp³-hybridized carbons (Fsp3) is 0.750. The van der Waals surface area contributed by atoms with Gasteiger partial charge in [-0.3, -0.25) is 9.48 Å². The van der Waals surface area contributed by atoms with Crippen molar-refractivity contribution in [2.45, 2.75) is 38.1 Å². The lowest BCUT2D eigenvalue weighted by molar-refractivity contribution is -0.127. The van der Waals surface area contributed by atoms with Gasteiger partial charge in [-0.15, -0.1) is 0 Å². The van der Waals surface area contributed by atoms with E-state index in [2.05, 4.69) is 27.6 Å². The summed E-state index contributed by atoms with van der Waals surface area (Å²) in [6.07, 6.45) is 5.18. The first-order valence-electron chi connectivity index (χ1n) is 6.54. The van der Waals surface area contributed by atoms with Gasteiger partial charge in [-0.25, -0.2) is 4.98 Å². The van der Waals surface area contributed by atoms with E-state index in [1.165, 1.54) is 0 Å². The van der Waals surface area contributed by atoms with Gasteiger partial charge in [0.2, 0.25) is 5.91 Å². The monoisotopic (exact) mass is 251 g/mol. The molecule has 1 amide bonds. The molecular formula is C12H21N5O. The highest BCUT2D eigenvalue weighted by atomic mass is 16.2. The average Bonchev–Trinajstić information content (AvgIpc) is 2.99. The molecule has 1 atom stereocenters. The van der Waals surface area contributed by atoms with Crippen LogP contribution in [0, 0.1) is 0 Å². The van der Waals surface area contributed by atoms with Crippen molar-refractivity contribution in [2.75, 3.05) is 13.1 Å². The number of carbonyl (C=O) groups is 1. The Kier molecular flexibility index (Phi) is 3.96.